The van der Waals surface area contributed by atoms with Crippen LogP contribution in [0.1, 0.15) is 57.2 Å². The molecule has 136 valence electrons. The van der Waals surface area contributed by atoms with Gasteiger partial charge >= 0.3 is 0 Å². The molecule has 0 unspecified atom stereocenters. The van der Waals surface area contributed by atoms with Crippen LogP contribution in [-0.2, 0) is 0 Å². The Kier molecular flexibility index (Phi) is 4.45. The highest BCUT2D eigenvalue weighted by Gasteiger charge is 2.25. The monoisotopic (exact) mass is 369 g/mol. The fraction of sp³-hybridized carbons (Fsp3) is 0.316. The SMILES string of the molecule is C#Cc1cnc(-c2ccc([C@H](O)CC)s2)nc1Nc1cc(C2CC2)[nH]n1.[HH].[HH]. The maximum absolute atomic E-state index is 9.99. The third-order valence-corrected chi connectivity index (χ3v) is 5.55. The van der Waals surface area contributed by atoms with Gasteiger partial charge in [-0.3, -0.25) is 5.10 Å². The van der Waals surface area contributed by atoms with Crippen molar-refractivity contribution in [1.82, 2.24) is 20.2 Å². The van der Waals surface area contributed by atoms with Crippen LogP contribution in [0.5, 0.6) is 0 Å². The summed E-state index contributed by atoms with van der Waals surface area (Å²) in [5.74, 6) is 5.03. The number of aromatic nitrogens is 4. The summed E-state index contributed by atoms with van der Waals surface area (Å²) < 4.78 is 0. The van der Waals surface area contributed by atoms with E-state index in [1.54, 1.807) is 6.20 Å². The molecule has 3 heterocycles. The third kappa shape index (κ3) is 3.34. The molecule has 1 fully saturated rings. The van der Waals surface area contributed by atoms with Crippen LogP contribution in [0.2, 0.25) is 0 Å². The van der Waals surface area contributed by atoms with Gasteiger partial charge in [-0.25, -0.2) is 9.97 Å². The van der Waals surface area contributed by atoms with E-state index >= 15 is 0 Å². The quantitative estimate of drug-likeness (QED) is 0.558. The Morgan fingerprint density at radius 3 is 3.08 bits per heavy atom. The van der Waals surface area contributed by atoms with Crippen molar-refractivity contribution in [1.29, 1.82) is 0 Å². The minimum absolute atomic E-state index is 0. The van der Waals surface area contributed by atoms with Crippen molar-refractivity contribution in [3.63, 3.8) is 0 Å². The van der Waals surface area contributed by atoms with E-state index in [-0.39, 0.29) is 2.85 Å². The molecule has 1 saturated carbocycles. The van der Waals surface area contributed by atoms with Crippen LogP contribution in [0, 0.1) is 12.3 Å². The van der Waals surface area contributed by atoms with E-state index in [1.807, 2.05) is 25.1 Å². The van der Waals surface area contributed by atoms with Gasteiger partial charge in [-0.2, -0.15) is 5.10 Å². The number of nitrogens with one attached hydrogen (secondary N) is 2. The second kappa shape index (κ2) is 6.90. The van der Waals surface area contributed by atoms with E-state index in [1.165, 1.54) is 24.2 Å². The first-order valence-electron chi connectivity index (χ1n) is 8.62. The highest BCUT2D eigenvalue weighted by molar-refractivity contribution is 7.15. The summed E-state index contributed by atoms with van der Waals surface area (Å²) in [7, 11) is 0. The molecule has 0 amide bonds. The Labute approximate surface area is 158 Å². The van der Waals surface area contributed by atoms with Crippen LogP contribution in [0.15, 0.2) is 24.4 Å². The average Bonchev–Trinajstić information content (AvgIpc) is 3.21. The number of thiophene rings is 1. The van der Waals surface area contributed by atoms with Gasteiger partial charge in [-0.15, -0.1) is 17.8 Å². The molecule has 3 aromatic heterocycles. The predicted molar refractivity (Wildman–Crippen MR) is 107 cm³/mol. The molecule has 0 spiro atoms. The normalized spacial score (nSPS) is 14.8. The molecule has 26 heavy (non-hydrogen) atoms. The lowest BCUT2D eigenvalue weighted by Gasteiger charge is -2.06. The maximum Gasteiger partial charge on any atom is 0.171 e. The second-order valence-electron chi connectivity index (χ2n) is 6.33. The Bertz CT molecular complexity index is 977. The number of aliphatic hydroxyl groups excluding tert-OH is 1. The summed E-state index contributed by atoms with van der Waals surface area (Å²) in [6, 6.07) is 5.84. The van der Waals surface area contributed by atoms with Gasteiger partial charge in [0.1, 0.15) is 0 Å². The molecule has 3 N–H and O–H groups in total. The summed E-state index contributed by atoms with van der Waals surface area (Å²) in [6.45, 7) is 1.95. The minimum Gasteiger partial charge on any atom is -0.388 e. The topological polar surface area (TPSA) is 86.7 Å². The van der Waals surface area contributed by atoms with Crippen LogP contribution in [0.4, 0.5) is 11.6 Å². The standard InChI is InChI=1S/C19H19N5OS.2H2/c1-3-11-10-20-19(16-8-7-15(26-16)14(25)4-2)22-18(11)21-17-9-13(23-24-17)12-5-6-12;;/h1,7-10,12,14,25H,4-6H2,2H3,(H2,20,21,22,23,24);2*1H/t14-;;/m1../s1. The highest BCUT2D eigenvalue weighted by atomic mass is 32.1. The third-order valence-electron chi connectivity index (χ3n) is 4.37. The first kappa shape index (κ1) is 16.8. The van der Waals surface area contributed by atoms with E-state index < -0.39 is 6.10 Å². The fourth-order valence-electron chi connectivity index (χ4n) is 2.68. The lowest BCUT2D eigenvalue weighted by Crippen LogP contribution is -2.00. The molecule has 0 radical (unpaired) electrons. The predicted octanol–water partition coefficient (Wildman–Crippen LogP) is 4.47. The van der Waals surface area contributed by atoms with E-state index in [9.17, 15) is 5.11 Å². The molecule has 1 atom stereocenters. The van der Waals surface area contributed by atoms with Crippen LogP contribution in [0.25, 0.3) is 10.7 Å². The lowest BCUT2D eigenvalue weighted by atomic mass is 10.2. The number of aliphatic hydroxyl groups is 1. The smallest absolute Gasteiger partial charge is 0.171 e. The van der Waals surface area contributed by atoms with Gasteiger partial charge in [0.25, 0.3) is 0 Å². The summed E-state index contributed by atoms with van der Waals surface area (Å²) in [5, 5.41) is 20.5. The van der Waals surface area contributed by atoms with Crippen molar-refractivity contribution in [3.8, 4) is 23.0 Å². The van der Waals surface area contributed by atoms with E-state index in [0.29, 0.717) is 35.4 Å². The number of anilines is 2. The first-order valence-corrected chi connectivity index (χ1v) is 9.43. The van der Waals surface area contributed by atoms with Crippen LogP contribution < -0.4 is 5.32 Å². The van der Waals surface area contributed by atoms with Crippen molar-refractivity contribution in [2.24, 2.45) is 0 Å². The average molecular weight is 369 g/mol. The summed E-state index contributed by atoms with van der Waals surface area (Å²) in [5.41, 5.74) is 1.72. The molecule has 6 nitrogen and oxygen atoms in total. The van der Waals surface area contributed by atoms with Crippen molar-refractivity contribution in [2.45, 2.75) is 38.2 Å². The highest BCUT2D eigenvalue weighted by Crippen LogP contribution is 2.39. The van der Waals surface area contributed by atoms with E-state index in [2.05, 4.69) is 31.4 Å². The molecule has 3 aromatic rings. The summed E-state index contributed by atoms with van der Waals surface area (Å²) in [6.07, 6.45) is 9.85. The molecule has 1 aliphatic carbocycles. The Morgan fingerprint density at radius 1 is 1.50 bits per heavy atom. The molecule has 0 saturated heterocycles. The number of hydrogen-bond donors (Lipinski definition) is 3. The zero-order chi connectivity index (χ0) is 18.1. The lowest BCUT2D eigenvalue weighted by molar-refractivity contribution is 0.177. The van der Waals surface area contributed by atoms with Gasteiger partial charge in [0.2, 0.25) is 0 Å². The fourth-order valence-corrected chi connectivity index (χ4v) is 3.70. The Balaban J connectivity index is 0.00000140. The molecular formula is C19H23N5OS. The molecular weight excluding hydrogens is 346 g/mol. The number of rotatable bonds is 6. The number of aromatic amines is 1. The molecule has 1 aliphatic rings. The zero-order valence-electron chi connectivity index (χ0n) is 14.4. The second-order valence-corrected chi connectivity index (χ2v) is 7.45. The summed E-state index contributed by atoms with van der Waals surface area (Å²) in [4.78, 5) is 10.8. The van der Waals surface area contributed by atoms with Crippen LogP contribution >= 0.6 is 11.3 Å². The minimum atomic E-state index is -0.457. The largest absolute Gasteiger partial charge is 0.388 e. The van der Waals surface area contributed by atoms with Gasteiger partial charge < -0.3 is 10.4 Å². The number of H-pyrrole nitrogens is 1. The van der Waals surface area contributed by atoms with Crippen molar-refractivity contribution in [3.05, 3.63) is 40.5 Å². The summed E-state index contributed by atoms with van der Waals surface area (Å²) >= 11 is 1.49. The Morgan fingerprint density at radius 2 is 2.35 bits per heavy atom. The number of hydrogen-bond acceptors (Lipinski definition) is 6. The molecule has 4 rings (SSSR count). The van der Waals surface area contributed by atoms with Gasteiger partial charge in [-0.05, 0) is 31.4 Å². The van der Waals surface area contributed by atoms with Gasteiger partial charge in [0.15, 0.2) is 17.5 Å². The van der Waals surface area contributed by atoms with E-state index in [4.69, 9.17) is 6.42 Å². The maximum atomic E-state index is 9.99. The van der Waals surface area contributed by atoms with E-state index in [0.717, 1.165) is 15.4 Å². The molecule has 0 bridgehead atoms. The van der Waals surface area contributed by atoms with Gasteiger partial charge in [0.05, 0.1) is 16.5 Å². The van der Waals surface area contributed by atoms with Crippen LogP contribution in [0.3, 0.4) is 0 Å². The first-order chi connectivity index (χ1) is 12.7. The van der Waals surface area contributed by atoms with Crippen molar-refractivity contribution >= 4 is 23.0 Å². The number of terminal acetylenes is 1. The molecule has 7 heteroatoms. The van der Waals surface area contributed by atoms with Crippen LogP contribution in [-0.4, -0.2) is 25.3 Å². The Hall–Kier alpha value is -2.69. The van der Waals surface area contributed by atoms with Crippen molar-refractivity contribution in [2.75, 3.05) is 5.32 Å². The molecule has 0 aromatic carbocycles. The number of nitrogens with zero attached hydrogens (tertiary/aromatic N) is 3. The van der Waals surface area contributed by atoms with Crippen molar-refractivity contribution < 1.29 is 7.96 Å². The van der Waals surface area contributed by atoms with Gasteiger partial charge in [0, 0.05) is 31.6 Å². The molecule has 0 aliphatic heterocycles. The van der Waals surface area contributed by atoms with Gasteiger partial charge in [-0.1, -0.05) is 12.8 Å². The zero-order valence-corrected chi connectivity index (χ0v) is 15.2.